The lowest BCUT2D eigenvalue weighted by Gasteiger charge is -2.27. The maximum atomic E-state index is 15.0. The van der Waals surface area contributed by atoms with Gasteiger partial charge in [-0.15, -0.1) is 16.4 Å². The number of thiazole rings is 1. The van der Waals surface area contributed by atoms with E-state index in [1.54, 1.807) is 34.5 Å². The molecule has 17 heteroatoms. The molecular weight excluding hydrogens is 686 g/mol. The van der Waals surface area contributed by atoms with Crippen LogP contribution in [0, 0.1) is 11.6 Å². The van der Waals surface area contributed by atoms with Gasteiger partial charge in [-0.25, -0.2) is 14.1 Å². The highest BCUT2D eigenvalue weighted by Crippen LogP contribution is 2.37. The molecule has 3 aliphatic heterocycles. The zero-order valence-electron chi connectivity index (χ0n) is 27.4. The number of benzene rings is 2. The van der Waals surface area contributed by atoms with Crippen LogP contribution in [-0.2, 0) is 27.3 Å². The van der Waals surface area contributed by atoms with E-state index in [1.165, 1.54) is 17.4 Å². The number of anilines is 2. The van der Waals surface area contributed by atoms with Crippen molar-refractivity contribution in [2.75, 3.05) is 49.7 Å². The van der Waals surface area contributed by atoms with Crippen LogP contribution in [0.15, 0.2) is 41.9 Å². The maximum Gasteiger partial charge on any atom is 0.264 e. The monoisotopic (exact) mass is 720 g/mol. The van der Waals surface area contributed by atoms with E-state index in [2.05, 4.69) is 30.8 Å². The SMILES string of the molecule is O=C1CCC(N2C(=O)c3cccc(NCCCCn4nncc4CCOc4c(-c5csc(N6CCOCC6)n5)ccc(F)c4F)c3C2=O)C(=O)N1. The summed E-state index contributed by atoms with van der Waals surface area (Å²) in [5, 5.41) is 16.2. The van der Waals surface area contributed by atoms with Gasteiger partial charge in [0, 0.05) is 55.7 Å². The summed E-state index contributed by atoms with van der Waals surface area (Å²) >= 11 is 1.42. The molecule has 2 N–H and O–H groups in total. The summed E-state index contributed by atoms with van der Waals surface area (Å²) in [6.45, 7) is 3.67. The molecule has 3 aliphatic rings. The van der Waals surface area contributed by atoms with Crippen LogP contribution in [0.5, 0.6) is 5.75 Å². The Hall–Kier alpha value is -5.29. The van der Waals surface area contributed by atoms with Crippen molar-refractivity contribution in [2.45, 2.75) is 44.7 Å². The number of ether oxygens (including phenoxy) is 2. The second-order valence-corrected chi connectivity index (χ2v) is 13.0. The fourth-order valence-electron chi connectivity index (χ4n) is 6.35. The molecular formula is C34H34F2N8O6S. The molecule has 2 fully saturated rings. The Morgan fingerprint density at radius 2 is 1.88 bits per heavy atom. The Morgan fingerprint density at radius 3 is 2.71 bits per heavy atom. The van der Waals surface area contributed by atoms with E-state index in [0.29, 0.717) is 75.6 Å². The number of aromatic nitrogens is 4. The lowest BCUT2D eigenvalue weighted by atomic mass is 10.0. The highest BCUT2D eigenvalue weighted by molar-refractivity contribution is 7.14. The fraction of sp³-hybridized carbons (Fsp3) is 0.382. The zero-order chi connectivity index (χ0) is 35.5. The Balaban J connectivity index is 0.920. The third-order valence-electron chi connectivity index (χ3n) is 8.98. The Labute approximate surface area is 294 Å². The molecule has 4 amide bonds. The first-order chi connectivity index (χ1) is 24.8. The van der Waals surface area contributed by atoms with E-state index < -0.39 is 41.3 Å². The van der Waals surface area contributed by atoms with Crippen LogP contribution in [-0.4, -0.2) is 94.0 Å². The molecule has 1 unspecified atom stereocenters. The van der Waals surface area contributed by atoms with Crippen LogP contribution < -0.4 is 20.3 Å². The standard InChI is InChI=1S/C34H34F2N8O6S/c35-23-7-6-21(25-19-51-34(39-25)42-13-16-49-17-14-42)30(29(23)36)50-15-10-20-18-38-41-43(20)12-2-1-11-37-24-5-3-4-22-28(24)33(48)44(32(22)47)26-8-9-27(45)40-31(26)46/h3-7,18-19,26,37H,1-2,8-17H2,(H,40,45,46). The van der Waals surface area contributed by atoms with E-state index in [4.69, 9.17) is 9.47 Å². The number of amides is 4. The quantitative estimate of drug-likeness (QED) is 0.154. The second-order valence-electron chi connectivity index (χ2n) is 12.2. The highest BCUT2D eigenvalue weighted by Gasteiger charge is 2.45. The number of hydrogen-bond acceptors (Lipinski definition) is 12. The summed E-state index contributed by atoms with van der Waals surface area (Å²) < 4.78 is 42.3. The van der Waals surface area contributed by atoms with Crippen LogP contribution in [0.25, 0.3) is 11.3 Å². The molecule has 0 radical (unpaired) electrons. The number of rotatable bonds is 13. The molecule has 7 rings (SSSR count). The van der Waals surface area contributed by atoms with Gasteiger partial charge < -0.3 is 19.7 Å². The largest absolute Gasteiger partial charge is 0.489 e. The van der Waals surface area contributed by atoms with Crippen molar-refractivity contribution in [3.63, 3.8) is 0 Å². The van der Waals surface area contributed by atoms with Crippen LogP contribution in [0.4, 0.5) is 19.6 Å². The number of aryl methyl sites for hydroxylation is 1. The lowest BCUT2D eigenvalue weighted by molar-refractivity contribution is -0.136. The summed E-state index contributed by atoms with van der Waals surface area (Å²) in [5.74, 6) is -4.52. The number of unbranched alkanes of at least 4 members (excludes halogenated alkanes) is 1. The molecule has 0 aliphatic carbocycles. The second kappa shape index (κ2) is 14.9. The minimum atomic E-state index is -1.08. The lowest BCUT2D eigenvalue weighted by Crippen LogP contribution is -2.54. The van der Waals surface area contributed by atoms with Crippen LogP contribution >= 0.6 is 11.3 Å². The topological polar surface area (TPSA) is 161 Å². The summed E-state index contributed by atoms with van der Waals surface area (Å²) in [6.07, 6.45) is 3.44. The number of fused-ring (bicyclic) bond motifs is 1. The number of hydrogen-bond donors (Lipinski definition) is 2. The maximum absolute atomic E-state index is 15.0. The highest BCUT2D eigenvalue weighted by atomic mass is 32.1. The van der Waals surface area contributed by atoms with Gasteiger partial charge in [0.25, 0.3) is 11.8 Å². The smallest absolute Gasteiger partial charge is 0.264 e. The average molecular weight is 721 g/mol. The molecule has 4 aromatic rings. The number of carbonyl (C=O) groups excluding carboxylic acids is 4. The van der Waals surface area contributed by atoms with E-state index in [0.717, 1.165) is 21.8 Å². The minimum Gasteiger partial charge on any atom is -0.489 e. The Kier molecular flexibility index (Phi) is 9.99. The molecule has 0 bridgehead atoms. The number of halogens is 2. The predicted octanol–water partition coefficient (Wildman–Crippen LogP) is 3.43. The van der Waals surface area contributed by atoms with Crippen molar-refractivity contribution >= 4 is 45.8 Å². The zero-order valence-corrected chi connectivity index (χ0v) is 28.2. The van der Waals surface area contributed by atoms with E-state index in [9.17, 15) is 23.6 Å². The summed E-state index contributed by atoms with van der Waals surface area (Å²) in [5.41, 5.74) is 2.51. The fourth-order valence-corrected chi connectivity index (χ4v) is 7.23. The van der Waals surface area contributed by atoms with Crippen molar-refractivity contribution in [1.29, 1.82) is 0 Å². The van der Waals surface area contributed by atoms with Crippen LogP contribution in [0.1, 0.15) is 52.1 Å². The number of nitrogens with one attached hydrogen (secondary N) is 2. The van der Waals surface area contributed by atoms with Gasteiger partial charge in [0.1, 0.15) is 6.04 Å². The molecule has 0 spiro atoms. The third-order valence-corrected chi connectivity index (χ3v) is 9.88. The third kappa shape index (κ3) is 7.03. The summed E-state index contributed by atoms with van der Waals surface area (Å²) in [7, 11) is 0. The Morgan fingerprint density at radius 1 is 1.04 bits per heavy atom. The Bertz CT molecular complexity index is 1980. The van der Waals surface area contributed by atoms with Crippen molar-refractivity contribution in [3.05, 3.63) is 70.4 Å². The normalized spacial score (nSPS) is 17.6. The molecule has 2 saturated heterocycles. The number of piperidine rings is 1. The molecule has 266 valence electrons. The summed E-state index contributed by atoms with van der Waals surface area (Å²) in [4.78, 5) is 58.1. The number of morpholine rings is 1. The van der Waals surface area contributed by atoms with Gasteiger partial charge in [-0.05, 0) is 43.5 Å². The van der Waals surface area contributed by atoms with Gasteiger partial charge in [0.05, 0.1) is 48.5 Å². The summed E-state index contributed by atoms with van der Waals surface area (Å²) in [6, 6.07) is 6.43. The minimum absolute atomic E-state index is 0.0461. The molecule has 0 saturated carbocycles. The molecule has 1 atom stereocenters. The van der Waals surface area contributed by atoms with Crippen molar-refractivity contribution in [1.82, 2.24) is 30.2 Å². The van der Waals surface area contributed by atoms with Crippen LogP contribution in [0.2, 0.25) is 0 Å². The number of carbonyl (C=O) groups is 4. The number of imide groups is 2. The van der Waals surface area contributed by atoms with Gasteiger partial charge in [-0.1, -0.05) is 11.3 Å². The number of nitrogens with zero attached hydrogens (tertiary/aromatic N) is 6. The molecule has 14 nitrogen and oxygen atoms in total. The molecule has 51 heavy (non-hydrogen) atoms. The van der Waals surface area contributed by atoms with E-state index in [-0.39, 0.29) is 36.3 Å². The van der Waals surface area contributed by atoms with E-state index >= 15 is 4.39 Å². The average Bonchev–Trinajstić information content (AvgIpc) is 3.86. The molecule has 5 heterocycles. The van der Waals surface area contributed by atoms with E-state index in [1.807, 2.05) is 0 Å². The molecule has 2 aromatic carbocycles. The van der Waals surface area contributed by atoms with Gasteiger partial charge in [-0.3, -0.25) is 29.4 Å². The van der Waals surface area contributed by atoms with Gasteiger partial charge in [0.15, 0.2) is 16.7 Å². The predicted molar refractivity (Wildman–Crippen MR) is 181 cm³/mol. The van der Waals surface area contributed by atoms with Crippen molar-refractivity contribution < 1.29 is 37.4 Å². The van der Waals surface area contributed by atoms with Gasteiger partial charge >= 0.3 is 0 Å². The van der Waals surface area contributed by atoms with Gasteiger partial charge in [-0.2, -0.15) is 4.39 Å². The molecule has 2 aromatic heterocycles. The first kappa shape index (κ1) is 34.2. The first-order valence-electron chi connectivity index (χ1n) is 16.7. The first-order valence-corrected chi connectivity index (χ1v) is 17.5. The van der Waals surface area contributed by atoms with Crippen molar-refractivity contribution in [2.24, 2.45) is 0 Å². The van der Waals surface area contributed by atoms with Crippen LogP contribution in [0.3, 0.4) is 0 Å². The van der Waals surface area contributed by atoms with Crippen molar-refractivity contribution in [3.8, 4) is 17.0 Å². The van der Waals surface area contributed by atoms with Gasteiger partial charge in [0.2, 0.25) is 17.6 Å².